The zero-order valence-electron chi connectivity index (χ0n) is 6.86. The Morgan fingerprint density at radius 2 is 1.89 bits per heavy atom. The Morgan fingerprint density at radius 3 is 2.00 bits per heavy atom. The molecule has 1 nitrogen and oxygen atoms in total. The van der Waals surface area contributed by atoms with Crippen molar-refractivity contribution in [1.82, 2.24) is 5.32 Å². The highest BCUT2D eigenvalue weighted by Crippen LogP contribution is 2.33. The van der Waals surface area contributed by atoms with Gasteiger partial charge in [0.2, 0.25) is 0 Å². The van der Waals surface area contributed by atoms with Crippen molar-refractivity contribution in [3.05, 3.63) is 0 Å². The summed E-state index contributed by atoms with van der Waals surface area (Å²) in [5.74, 6) is 0. The van der Waals surface area contributed by atoms with Gasteiger partial charge in [-0.15, -0.1) is 0 Å². The highest BCUT2D eigenvalue weighted by molar-refractivity contribution is 5.02. The van der Waals surface area contributed by atoms with Crippen molar-refractivity contribution in [3.63, 3.8) is 0 Å². The van der Waals surface area contributed by atoms with Gasteiger partial charge in [-0.3, -0.25) is 0 Å². The molecular weight excluding hydrogens is 110 g/mol. The van der Waals surface area contributed by atoms with Crippen LogP contribution < -0.4 is 5.32 Å². The fraction of sp³-hybridized carbons (Fsp3) is 1.00. The molecule has 0 bridgehead atoms. The molecule has 2 unspecified atom stereocenters. The first-order valence-corrected chi connectivity index (χ1v) is 3.84. The van der Waals surface area contributed by atoms with E-state index in [1.54, 1.807) is 0 Å². The van der Waals surface area contributed by atoms with E-state index in [1.165, 1.54) is 6.42 Å². The van der Waals surface area contributed by atoms with Crippen molar-refractivity contribution in [2.75, 3.05) is 0 Å². The third kappa shape index (κ3) is 1.26. The number of hydrogen-bond acceptors (Lipinski definition) is 1. The lowest BCUT2D eigenvalue weighted by Gasteiger charge is -2.20. The summed E-state index contributed by atoms with van der Waals surface area (Å²) in [4.78, 5) is 0. The maximum atomic E-state index is 3.42. The van der Waals surface area contributed by atoms with E-state index in [0.29, 0.717) is 5.41 Å². The van der Waals surface area contributed by atoms with E-state index in [4.69, 9.17) is 0 Å². The van der Waals surface area contributed by atoms with Gasteiger partial charge in [-0.2, -0.15) is 0 Å². The van der Waals surface area contributed by atoms with E-state index in [9.17, 15) is 0 Å². The van der Waals surface area contributed by atoms with E-state index in [1.807, 2.05) is 0 Å². The summed E-state index contributed by atoms with van der Waals surface area (Å²) in [6, 6.07) is 1.54. The summed E-state index contributed by atoms with van der Waals surface area (Å²) in [6.45, 7) is 9.16. The highest BCUT2D eigenvalue weighted by atomic mass is 15.2. The van der Waals surface area contributed by atoms with E-state index < -0.39 is 0 Å². The Hall–Kier alpha value is -0.0400. The standard InChI is InChI=1S/C8H17N/c1-5-8(3,4)7-6(2)9-7/h6-7,9H,5H2,1-4H3. The molecule has 0 aromatic heterocycles. The molecule has 0 saturated carbocycles. The van der Waals surface area contributed by atoms with E-state index in [2.05, 4.69) is 33.0 Å². The predicted octanol–water partition coefficient (Wildman–Crippen LogP) is 1.78. The minimum Gasteiger partial charge on any atom is -0.308 e. The van der Waals surface area contributed by atoms with Crippen molar-refractivity contribution in [2.45, 2.75) is 46.2 Å². The summed E-state index contributed by atoms with van der Waals surface area (Å²) >= 11 is 0. The topological polar surface area (TPSA) is 21.9 Å². The van der Waals surface area contributed by atoms with Crippen molar-refractivity contribution in [1.29, 1.82) is 0 Å². The molecule has 1 heterocycles. The molecular formula is C8H17N. The van der Waals surface area contributed by atoms with Crippen LogP contribution in [0, 0.1) is 5.41 Å². The third-order valence-electron chi connectivity index (χ3n) is 2.59. The molecule has 54 valence electrons. The lowest BCUT2D eigenvalue weighted by molar-refractivity contribution is 0.337. The van der Waals surface area contributed by atoms with E-state index in [-0.39, 0.29) is 0 Å². The van der Waals surface area contributed by atoms with Gasteiger partial charge in [-0.25, -0.2) is 0 Å². The molecule has 1 heteroatoms. The van der Waals surface area contributed by atoms with Gasteiger partial charge in [-0.05, 0) is 18.8 Å². The van der Waals surface area contributed by atoms with Gasteiger partial charge in [0.1, 0.15) is 0 Å². The van der Waals surface area contributed by atoms with Crippen molar-refractivity contribution >= 4 is 0 Å². The zero-order chi connectivity index (χ0) is 7.07. The van der Waals surface area contributed by atoms with Crippen LogP contribution in [0.1, 0.15) is 34.1 Å². The average molecular weight is 127 g/mol. The normalized spacial score (nSPS) is 34.7. The minimum atomic E-state index is 0.513. The molecule has 1 rings (SSSR count). The molecule has 1 aliphatic rings. The van der Waals surface area contributed by atoms with Crippen LogP contribution in [0.4, 0.5) is 0 Å². The summed E-state index contributed by atoms with van der Waals surface area (Å²) in [7, 11) is 0. The Bertz CT molecular complexity index is 107. The molecule has 0 aliphatic carbocycles. The number of nitrogens with one attached hydrogen (secondary N) is 1. The van der Waals surface area contributed by atoms with Crippen LogP contribution in [0.2, 0.25) is 0 Å². The first-order chi connectivity index (χ1) is 4.08. The third-order valence-corrected chi connectivity index (χ3v) is 2.59. The summed E-state index contributed by atoms with van der Waals surface area (Å²) in [5, 5.41) is 3.42. The van der Waals surface area contributed by atoms with Gasteiger partial charge in [0.15, 0.2) is 0 Å². The second-order valence-electron chi connectivity index (χ2n) is 3.78. The fourth-order valence-corrected chi connectivity index (χ4v) is 1.35. The quantitative estimate of drug-likeness (QED) is 0.561. The number of hydrogen-bond donors (Lipinski definition) is 1. The molecule has 0 radical (unpaired) electrons. The first kappa shape index (κ1) is 7.07. The van der Waals surface area contributed by atoms with Gasteiger partial charge >= 0.3 is 0 Å². The molecule has 1 aliphatic heterocycles. The van der Waals surface area contributed by atoms with Crippen molar-refractivity contribution < 1.29 is 0 Å². The Morgan fingerprint density at radius 1 is 1.44 bits per heavy atom. The van der Waals surface area contributed by atoms with Crippen molar-refractivity contribution in [3.8, 4) is 0 Å². The Balaban J connectivity index is 2.41. The molecule has 0 aromatic carbocycles. The van der Waals surface area contributed by atoms with Crippen LogP contribution in [-0.2, 0) is 0 Å². The van der Waals surface area contributed by atoms with Crippen LogP contribution >= 0.6 is 0 Å². The van der Waals surface area contributed by atoms with Crippen LogP contribution in [-0.4, -0.2) is 12.1 Å². The smallest absolute Gasteiger partial charge is 0.0272 e. The van der Waals surface area contributed by atoms with Crippen LogP contribution in [0.15, 0.2) is 0 Å². The molecule has 9 heavy (non-hydrogen) atoms. The van der Waals surface area contributed by atoms with Crippen molar-refractivity contribution in [2.24, 2.45) is 5.41 Å². The van der Waals surface area contributed by atoms with Gasteiger partial charge in [0.05, 0.1) is 0 Å². The molecule has 0 aromatic rings. The Kier molecular flexibility index (Phi) is 1.55. The summed E-state index contributed by atoms with van der Waals surface area (Å²) in [5.41, 5.74) is 0.513. The monoisotopic (exact) mass is 127 g/mol. The Labute approximate surface area is 57.8 Å². The minimum absolute atomic E-state index is 0.513. The molecule has 1 N–H and O–H groups in total. The zero-order valence-corrected chi connectivity index (χ0v) is 6.86. The molecule has 2 atom stereocenters. The average Bonchev–Trinajstić information content (AvgIpc) is 2.47. The van der Waals surface area contributed by atoms with Gasteiger partial charge in [-0.1, -0.05) is 20.8 Å². The molecule has 1 fully saturated rings. The first-order valence-electron chi connectivity index (χ1n) is 3.84. The fourth-order valence-electron chi connectivity index (χ4n) is 1.35. The van der Waals surface area contributed by atoms with Gasteiger partial charge in [0.25, 0.3) is 0 Å². The number of rotatable bonds is 2. The lowest BCUT2D eigenvalue weighted by atomic mass is 9.85. The van der Waals surface area contributed by atoms with Crippen LogP contribution in [0.25, 0.3) is 0 Å². The second kappa shape index (κ2) is 1.98. The highest BCUT2D eigenvalue weighted by Gasteiger charge is 2.42. The predicted molar refractivity (Wildman–Crippen MR) is 40.5 cm³/mol. The molecule has 0 spiro atoms. The SMILES string of the molecule is CCC(C)(C)C1NC1C. The van der Waals surface area contributed by atoms with E-state index >= 15 is 0 Å². The maximum Gasteiger partial charge on any atom is 0.0272 e. The second-order valence-corrected chi connectivity index (χ2v) is 3.78. The van der Waals surface area contributed by atoms with Gasteiger partial charge < -0.3 is 5.32 Å². The van der Waals surface area contributed by atoms with Crippen LogP contribution in [0.5, 0.6) is 0 Å². The van der Waals surface area contributed by atoms with Gasteiger partial charge in [0, 0.05) is 12.1 Å². The summed E-state index contributed by atoms with van der Waals surface area (Å²) in [6.07, 6.45) is 1.27. The maximum absolute atomic E-state index is 3.42. The van der Waals surface area contributed by atoms with E-state index in [0.717, 1.165) is 12.1 Å². The van der Waals surface area contributed by atoms with Crippen LogP contribution in [0.3, 0.4) is 0 Å². The lowest BCUT2D eigenvalue weighted by Crippen LogP contribution is -2.20. The largest absolute Gasteiger partial charge is 0.308 e. The summed E-state index contributed by atoms with van der Waals surface area (Å²) < 4.78 is 0. The molecule has 1 saturated heterocycles. The molecule has 0 amide bonds.